The maximum absolute atomic E-state index is 12.9. The van der Waals surface area contributed by atoms with Crippen molar-refractivity contribution < 1.29 is 23.9 Å². The lowest BCUT2D eigenvalue weighted by Crippen LogP contribution is -2.58. The molecule has 0 spiro atoms. The molecule has 1 N–H and O–H groups in total. The number of halogens is 1. The van der Waals surface area contributed by atoms with E-state index >= 15 is 0 Å². The van der Waals surface area contributed by atoms with E-state index in [0.717, 1.165) is 16.7 Å². The van der Waals surface area contributed by atoms with Crippen LogP contribution >= 0.6 is 15.9 Å². The summed E-state index contributed by atoms with van der Waals surface area (Å²) in [4.78, 5) is 39.2. The van der Waals surface area contributed by atoms with Crippen LogP contribution in [-0.4, -0.2) is 48.4 Å². The fourth-order valence-electron chi connectivity index (χ4n) is 3.82. The van der Waals surface area contributed by atoms with Crippen molar-refractivity contribution >= 4 is 33.7 Å². The molecule has 0 saturated carbocycles. The number of hydrogen-bond acceptors (Lipinski definition) is 5. The highest BCUT2D eigenvalue weighted by Gasteiger charge is 2.35. The number of piperazine rings is 1. The van der Waals surface area contributed by atoms with Crippen LogP contribution in [0.15, 0.2) is 83.3 Å². The Labute approximate surface area is 212 Å². The summed E-state index contributed by atoms with van der Waals surface area (Å²) < 4.78 is 11.8. The first-order valence-corrected chi connectivity index (χ1v) is 12.0. The van der Waals surface area contributed by atoms with Crippen LogP contribution < -0.4 is 10.1 Å². The highest BCUT2D eigenvalue weighted by atomic mass is 79.9. The number of ether oxygens (including phenoxy) is 2. The van der Waals surface area contributed by atoms with Gasteiger partial charge in [-0.1, -0.05) is 66.7 Å². The average Bonchev–Trinajstić information content (AvgIpc) is 2.89. The molecular weight excluding hydrogens is 512 g/mol. The van der Waals surface area contributed by atoms with Crippen molar-refractivity contribution in [1.29, 1.82) is 0 Å². The van der Waals surface area contributed by atoms with E-state index < -0.39 is 12.0 Å². The van der Waals surface area contributed by atoms with Gasteiger partial charge in [0.15, 0.2) is 6.61 Å². The molecule has 7 nitrogen and oxygen atoms in total. The van der Waals surface area contributed by atoms with Crippen LogP contribution in [0.3, 0.4) is 0 Å². The number of amides is 2. The largest absolute Gasteiger partial charge is 0.483 e. The molecule has 0 aromatic heterocycles. The van der Waals surface area contributed by atoms with Crippen molar-refractivity contribution in [3.05, 3.63) is 88.9 Å². The Balaban J connectivity index is 1.35. The van der Waals surface area contributed by atoms with Crippen LogP contribution in [0.5, 0.6) is 5.75 Å². The van der Waals surface area contributed by atoms with E-state index in [4.69, 9.17) is 9.47 Å². The molecule has 3 aromatic carbocycles. The van der Waals surface area contributed by atoms with Crippen LogP contribution in [0.1, 0.15) is 12.0 Å². The minimum atomic E-state index is -0.938. The number of nitrogens with one attached hydrogen (secondary N) is 1. The third-order valence-electron chi connectivity index (χ3n) is 5.64. The molecule has 1 unspecified atom stereocenters. The standard InChI is InChI=1S/C27H25BrN2O5/c28-22-15-21(20-9-5-2-6-10-20)11-12-24(22)34-18-25(31)30-14-13-29-27(33)23(30)16-26(32)35-17-19-7-3-1-4-8-19/h1-12,15,23H,13-14,16-18H2,(H,29,33). The third kappa shape index (κ3) is 6.48. The van der Waals surface area contributed by atoms with Crippen molar-refractivity contribution in [2.75, 3.05) is 19.7 Å². The molecule has 8 heteroatoms. The zero-order valence-corrected chi connectivity index (χ0v) is 20.6. The fourth-order valence-corrected chi connectivity index (χ4v) is 4.31. The number of esters is 1. The molecule has 1 atom stereocenters. The van der Waals surface area contributed by atoms with Gasteiger partial charge in [-0.3, -0.25) is 14.4 Å². The monoisotopic (exact) mass is 536 g/mol. The van der Waals surface area contributed by atoms with Gasteiger partial charge in [-0.15, -0.1) is 0 Å². The minimum absolute atomic E-state index is 0.109. The van der Waals surface area contributed by atoms with E-state index in [9.17, 15) is 14.4 Å². The Kier molecular flexibility index (Phi) is 8.15. The molecule has 0 radical (unpaired) electrons. The highest BCUT2D eigenvalue weighted by molar-refractivity contribution is 9.10. The van der Waals surface area contributed by atoms with E-state index in [1.54, 1.807) is 6.07 Å². The second kappa shape index (κ2) is 11.7. The summed E-state index contributed by atoms with van der Waals surface area (Å²) >= 11 is 3.51. The van der Waals surface area contributed by atoms with Crippen molar-refractivity contribution in [2.24, 2.45) is 0 Å². The molecule has 35 heavy (non-hydrogen) atoms. The SMILES string of the molecule is O=C(CC1C(=O)NCCN1C(=O)COc1ccc(-c2ccccc2)cc1Br)OCc1ccccc1. The molecule has 1 saturated heterocycles. The lowest BCUT2D eigenvalue weighted by Gasteiger charge is -2.34. The molecule has 1 aliphatic rings. The first-order chi connectivity index (χ1) is 17.0. The van der Waals surface area contributed by atoms with E-state index in [0.29, 0.717) is 23.3 Å². The van der Waals surface area contributed by atoms with E-state index in [-0.39, 0.29) is 31.4 Å². The number of rotatable bonds is 8. The van der Waals surface area contributed by atoms with E-state index in [1.807, 2.05) is 72.8 Å². The second-order valence-electron chi connectivity index (χ2n) is 8.04. The fraction of sp³-hybridized carbons (Fsp3) is 0.222. The van der Waals surface area contributed by atoms with Gasteiger partial charge in [0, 0.05) is 13.1 Å². The predicted octanol–water partition coefficient (Wildman–Crippen LogP) is 3.96. The first-order valence-electron chi connectivity index (χ1n) is 11.3. The van der Waals surface area contributed by atoms with Gasteiger partial charge in [0.1, 0.15) is 18.4 Å². The molecule has 1 heterocycles. The van der Waals surface area contributed by atoms with E-state index in [1.165, 1.54) is 4.90 Å². The minimum Gasteiger partial charge on any atom is -0.483 e. The topological polar surface area (TPSA) is 84.9 Å². The van der Waals surface area contributed by atoms with Crippen LogP contribution in [0.25, 0.3) is 11.1 Å². The number of benzene rings is 3. The van der Waals surface area contributed by atoms with Crippen molar-refractivity contribution in [3.8, 4) is 16.9 Å². The van der Waals surface area contributed by atoms with Crippen LogP contribution in [0.2, 0.25) is 0 Å². The van der Waals surface area contributed by atoms with Gasteiger partial charge in [-0.05, 0) is 44.8 Å². The smallest absolute Gasteiger partial charge is 0.308 e. The average molecular weight is 537 g/mol. The molecule has 180 valence electrons. The first kappa shape index (κ1) is 24.5. The Morgan fingerprint density at radius 2 is 1.69 bits per heavy atom. The van der Waals surface area contributed by atoms with Crippen LogP contribution in [0, 0.1) is 0 Å². The van der Waals surface area contributed by atoms with E-state index in [2.05, 4.69) is 21.2 Å². The van der Waals surface area contributed by atoms with Gasteiger partial charge in [-0.2, -0.15) is 0 Å². The summed E-state index contributed by atoms with van der Waals surface area (Å²) in [6.45, 7) is 0.457. The van der Waals surface area contributed by atoms with Crippen molar-refractivity contribution in [2.45, 2.75) is 19.1 Å². The summed E-state index contributed by atoms with van der Waals surface area (Å²) in [7, 11) is 0. The summed E-state index contributed by atoms with van der Waals surface area (Å²) in [5.74, 6) is -0.790. The van der Waals surface area contributed by atoms with Gasteiger partial charge in [0.2, 0.25) is 5.91 Å². The van der Waals surface area contributed by atoms with Crippen molar-refractivity contribution in [1.82, 2.24) is 10.2 Å². The maximum Gasteiger partial charge on any atom is 0.308 e. The zero-order valence-electron chi connectivity index (χ0n) is 19.0. The summed E-state index contributed by atoms with van der Waals surface area (Å²) in [5, 5.41) is 2.71. The normalized spacial score (nSPS) is 15.3. The molecule has 4 rings (SSSR count). The Hall–Kier alpha value is -3.65. The number of hydrogen-bond donors (Lipinski definition) is 1. The van der Waals surface area contributed by atoms with Gasteiger partial charge in [-0.25, -0.2) is 0 Å². The Morgan fingerprint density at radius 1 is 0.971 bits per heavy atom. The number of carbonyl (C=O) groups is 3. The Morgan fingerprint density at radius 3 is 2.40 bits per heavy atom. The third-order valence-corrected chi connectivity index (χ3v) is 6.26. The summed E-state index contributed by atoms with van der Waals surface area (Å²) in [6, 6.07) is 23.9. The maximum atomic E-state index is 12.9. The molecular formula is C27H25BrN2O5. The van der Waals surface area contributed by atoms with Crippen LogP contribution in [0.4, 0.5) is 0 Å². The van der Waals surface area contributed by atoms with Crippen LogP contribution in [-0.2, 0) is 25.7 Å². The second-order valence-corrected chi connectivity index (χ2v) is 8.90. The van der Waals surface area contributed by atoms with Gasteiger partial charge in [0.05, 0.1) is 10.9 Å². The molecule has 3 aromatic rings. The Bertz CT molecular complexity index is 1190. The number of carbonyl (C=O) groups excluding carboxylic acids is 3. The van der Waals surface area contributed by atoms with Gasteiger partial charge >= 0.3 is 5.97 Å². The molecule has 0 aliphatic carbocycles. The summed E-state index contributed by atoms with van der Waals surface area (Å²) in [5.41, 5.74) is 2.93. The molecule has 2 amide bonds. The molecule has 1 fully saturated rings. The highest BCUT2D eigenvalue weighted by Crippen LogP contribution is 2.30. The van der Waals surface area contributed by atoms with Crippen molar-refractivity contribution in [3.63, 3.8) is 0 Å². The lowest BCUT2D eigenvalue weighted by molar-refractivity contribution is -0.153. The number of nitrogens with zero attached hydrogens (tertiary/aromatic N) is 1. The lowest BCUT2D eigenvalue weighted by atomic mass is 10.1. The molecule has 1 aliphatic heterocycles. The summed E-state index contributed by atoms with van der Waals surface area (Å²) in [6.07, 6.45) is -0.222. The van der Waals surface area contributed by atoms with Gasteiger partial charge in [0.25, 0.3) is 5.91 Å². The molecule has 0 bridgehead atoms. The zero-order chi connectivity index (χ0) is 24.6. The predicted molar refractivity (Wildman–Crippen MR) is 134 cm³/mol. The van der Waals surface area contributed by atoms with Gasteiger partial charge < -0.3 is 19.7 Å². The quantitative estimate of drug-likeness (QED) is 0.440.